The number of aliphatic hydroxyl groups excluding tert-OH is 1. The van der Waals surface area contributed by atoms with Crippen LogP contribution in [0.2, 0.25) is 0 Å². The van der Waals surface area contributed by atoms with Crippen molar-refractivity contribution in [3.63, 3.8) is 0 Å². The number of unbranched alkanes of at least 4 members (excludes halogenated alkanes) is 43. The molecule has 0 saturated heterocycles. The summed E-state index contributed by atoms with van der Waals surface area (Å²) < 4.78 is 23.4. The second-order valence-corrected chi connectivity index (χ2v) is 27.0. The predicted molar refractivity (Wildman–Crippen MR) is 362 cm³/mol. The van der Waals surface area contributed by atoms with Crippen LogP contribution in [0.3, 0.4) is 0 Å². The largest absolute Gasteiger partial charge is 0.756 e. The quantitative estimate of drug-likeness (QED) is 0.0272. The number of aliphatic hydroxyl groups is 1. The van der Waals surface area contributed by atoms with Crippen molar-refractivity contribution in [2.75, 3.05) is 40.9 Å². The fraction of sp³-hybridized carbons (Fsp3) is 0.824. The molecule has 0 heterocycles. The zero-order valence-electron chi connectivity index (χ0n) is 55.6. The van der Waals surface area contributed by atoms with Gasteiger partial charge in [0.2, 0.25) is 5.91 Å². The molecule has 0 aliphatic rings. The third-order valence-corrected chi connectivity index (χ3v) is 17.1. The molecular formula is C74H139N2O6P. The lowest BCUT2D eigenvalue weighted by molar-refractivity contribution is -0.870. The molecule has 486 valence electrons. The molecule has 0 saturated carbocycles. The van der Waals surface area contributed by atoms with Gasteiger partial charge in [-0.3, -0.25) is 9.36 Å². The Bertz CT molecular complexity index is 1580. The molecule has 0 radical (unpaired) electrons. The average molecular weight is 1180 g/mol. The van der Waals surface area contributed by atoms with E-state index in [0.29, 0.717) is 17.4 Å². The van der Waals surface area contributed by atoms with E-state index >= 15 is 0 Å². The zero-order chi connectivity index (χ0) is 60.5. The van der Waals surface area contributed by atoms with Gasteiger partial charge in [-0.05, 0) is 70.6 Å². The first-order chi connectivity index (χ1) is 40.5. The van der Waals surface area contributed by atoms with E-state index in [1.165, 1.54) is 257 Å². The molecule has 0 aromatic carbocycles. The number of nitrogens with one attached hydrogen (secondary N) is 1. The lowest BCUT2D eigenvalue weighted by atomic mass is 10.0. The third-order valence-electron chi connectivity index (χ3n) is 16.2. The van der Waals surface area contributed by atoms with Crippen LogP contribution in [0, 0.1) is 0 Å². The Balaban J connectivity index is 3.93. The highest BCUT2D eigenvalue weighted by atomic mass is 31.2. The van der Waals surface area contributed by atoms with Crippen molar-refractivity contribution in [2.45, 2.75) is 353 Å². The molecule has 0 bridgehead atoms. The van der Waals surface area contributed by atoms with E-state index < -0.39 is 26.6 Å². The summed E-state index contributed by atoms with van der Waals surface area (Å²) in [5.41, 5.74) is 0. The van der Waals surface area contributed by atoms with E-state index in [-0.39, 0.29) is 12.5 Å². The summed E-state index contributed by atoms with van der Waals surface area (Å²) in [6.45, 7) is 4.56. The van der Waals surface area contributed by atoms with Crippen LogP contribution < -0.4 is 10.2 Å². The highest BCUT2D eigenvalue weighted by Crippen LogP contribution is 2.38. The van der Waals surface area contributed by atoms with E-state index in [1.54, 1.807) is 6.08 Å². The number of nitrogens with zero attached hydrogens (tertiary/aromatic N) is 1. The minimum Gasteiger partial charge on any atom is -0.756 e. The van der Waals surface area contributed by atoms with Crippen LogP contribution in [0.1, 0.15) is 341 Å². The van der Waals surface area contributed by atoms with Gasteiger partial charge in [-0.15, -0.1) is 0 Å². The molecule has 3 atom stereocenters. The van der Waals surface area contributed by atoms with Crippen LogP contribution in [-0.2, 0) is 18.4 Å². The summed E-state index contributed by atoms with van der Waals surface area (Å²) in [7, 11) is 1.26. The maximum atomic E-state index is 13.0. The Kier molecular flexibility index (Phi) is 62.8. The number of amides is 1. The first kappa shape index (κ1) is 80.9. The number of hydrogen-bond acceptors (Lipinski definition) is 6. The molecule has 0 aromatic heterocycles. The predicted octanol–water partition coefficient (Wildman–Crippen LogP) is 22.3. The fourth-order valence-corrected chi connectivity index (χ4v) is 11.4. The first-order valence-electron chi connectivity index (χ1n) is 35.8. The highest BCUT2D eigenvalue weighted by Gasteiger charge is 2.23. The lowest BCUT2D eigenvalue weighted by Crippen LogP contribution is -2.45. The number of carbonyl (C=O) groups excluding carboxylic acids is 1. The van der Waals surface area contributed by atoms with Gasteiger partial charge in [0, 0.05) is 6.42 Å². The summed E-state index contributed by atoms with van der Waals surface area (Å²) in [5, 5.41) is 13.9. The summed E-state index contributed by atoms with van der Waals surface area (Å²) in [5.74, 6) is -0.201. The molecule has 8 nitrogen and oxygen atoms in total. The average Bonchev–Trinajstić information content (AvgIpc) is 3.49. The summed E-state index contributed by atoms with van der Waals surface area (Å²) in [4.78, 5) is 25.6. The number of rotatable bonds is 66. The van der Waals surface area contributed by atoms with Gasteiger partial charge < -0.3 is 28.8 Å². The number of carbonyl (C=O) groups is 1. The topological polar surface area (TPSA) is 108 Å². The van der Waals surface area contributed by atoms with Crippen LogP contribution >= 0.6 is 7.82 Å². The number of allylic oxidation sites excluding steroid dienone is 11. The molecule has 0 fully saturated rings. The Hall–Kier alpha value is -2.06. The Morgan fingerprint density at radius 3 is 1.12 bits per heavy atom. The number of phosphoric acid groups is 1. The number of phosphoric ester groups is 1. The van der Waals surface area contributed by atoms with E-state index in [1.807, 2.05) is 27.2 Å². The summed E-state index contributed by atoms with van der Waals surface area (Å²) >= 11 is 0. The molecule has 83 heavy (non-hydrogen) atoms. The standard InChI is InChI=1S/C74H139N2O6P/c1-6-8-10-12-14-16-18-20-22-24-26-28-29-30-31-32-33-34-35-36-37-38-39-40-41-42-43-44-45-46-47-48-50-52-54-56-58-60-62-64-66-68-74(78)75-72(71-82-83(79,80)81-70-69-76(3,4)5)73(77)67-65-63-61-59-57-55-53-51-49-27-25-23-21-19-17-15-13-11-9-7-2/h8,10,14,16,20,22,26,28,57,59,65,67,72-73,77H,6-7,9,11-13,15,17-19,21,23-25,27,29-56,58,60-64,66,68-71H2,1-5H3,(H-,75,78,79,80)/b10-8-,16-14-,22-20-,28-26-,59-57+,67-65+. The van der Waals surface area contributed by atoms with Gasteiger partial charge in [-0.2, -0.15) is 0 Å². The Morgan fingerprint density at radius 2 is 0.747 bits per heavy atom. The summed E-state index contributed by atoms with van der Waals surface area (Å²) in [6, 6.07) is -0.904. The lowest BCUT2D eigenvalue weighted by Gasteiger charge is -2.29. The van der Waals surface area contributed by atoms with Crippen LogP contribution in [0.15, 0.2) is 72.9 Å². The fourth-order valence-electron chi connectivity index (χ4n) is 10.6. The van der Waals surface area contributed by atoms with Gasteiger partial charge >= 0.3 is 0 Å². The Labute approximate surface area is 516 Å². The second kappa shape index (κ2) is 64.4. The molecular weight excluding hydrogens is 1040 g/mol. The molecule has 1 amide bonds. The van der Waals surface area contributed by atoms with Crippen LogP contribution in [0.25, 0.3) is 0 Å². The van der Waals surface area contributed by atoms with Gasteiger partial charge in [0.25, 0.3) is 7.82 Å². The van der Waals surface area contributed by atoms with Crippen molar-refractivity contribution in [1.82, 2.24) is 5.32 Å². The minimum absolute atomic E-state index is 0.00559. The molecule has 0 aliphatic carbocycles. The van der Waals surface area contributed by atoms with Crippen LogP contribution in [-0.4, -0.2) is 68.5 Å². The van der Waals surface area contributed by atoms with Crippen molar-refractivity contribution in [3.05, 3.63) is 72.9 Å². The van der Waals surface area contributed by atoms with Gasteiger partial charge in [0.05, 0.1) is 39.9 Å². The molecule has 2 N–H and O–H groups in total. The van der Waals surface area contributed by atoms with Crippen molar-refractivity contribution >= 4 is 13.7 Å². The van der Waals surface area contributed by atoms with E-state index in [2.05, 4.69) is 79.9 Å². The van der Waals surface area contributed by atoms with Crippen molar-refractivity contribution < 1.29 is 32.9 Å². The maximum absolute atomic E-state index is 13.0. The van der Waals surface area contributed by atoms with E-state index in [0.717, 1.165) is 64.2 Å². The van der Waals surface area contributed by atoms with Crippen molar-refractivity contribution in [3.8, 4) is 0 Å². The monoisotopic (exact) mass is 1180 g/mol. The number of quaternary nitrogens is 1. The number of hydrogen-bond donors (Lipinski definition) is 2. The van der Waals surface area contributed by atoms with Gasteiger partial charge in [0.15, 0.2) is 0 Å². The van der Waals surface area contributed by atoms with Crippen molar-refractivity contribution in [1.29, 1.82) is 0 Å². The van der Waals surface area contributed by atoms with E-state index in [9.17, 15) is 19.4 Å². The SMILES string of the molecule is CC/C=C\C/C=C\C/C=C\C/C=C\CCCCCCCCCCCCCCCCCCCCCCCCCCCCCCC(=O)NC(COP(=O)([O-])OCC[N+](C)(C)C)C(O)/C=C/CC/C=C/CCCCCCCCCCCCCCCC. The molecule has 0 aromatic rings. The maximum Gasteiger partial charge on any atom is 0.268 e. The van der Waals surface area contributed by atoms with Crippen LogP contribution in [0.5, 0.6) is 0 Å². The molecule has 0 spiro atoms. The Morgan fingerprint density at radius 1 is 0.434 bits per heavy atom. The molecule has 3 unspecified atom stereocenters. The number of likely N-dealkylation sites (N-methyl/N-ethyl adjacent to an activating group) is 1. The van der Waals surface area contributed by atoms with Gasteiger partial charge in [-0.25, -0.2) is 0 Å². The second-order valence-electron chi connectivity index (χ2n) is 25.6. The van der Waals surface area contributed by atoms with Crippen LogP contribution in [0.4, 0.5) is 0 Å². The molecule has 9 heteroatoms. The first-order valence-corrected chi connectivity index (χ1v) is 37.3. The summed E-state index contributed by atoms with van der Waals surface area (Å²) in [6.07, 6.45) is 90.5. The third kappa shape index (κ3) is 67.3. The zero-order valence-corrected chi connectivity index (χ0v) is 56.5. The van der Waals surface area contributed by atoms with Gasteiger partial charge in [0.1, 0.15) is 13.2 Å². The van der Waals surface area contributed by atoms with E-state index in [4.69, 9.17) is 9.05 Å². The highest BCUT2D eigenvalue weighted by molar-refractivity contribution is 7.45. The molecule has 0 rings (SSSR count). The van der Waals surface area contributed by atoms with Gasteiger partial charge in [-0.1, -0.05) is 337 Å². The smallest absolute Gasteiger partial charge is 0.268 e. The minimum atomic E-state index is -4.61. The normalized spacial score (nSPS) is 14.1. The van der Waals surface area contributed by atoms with Crippen molar-refractivity contribution in [2.24, 2.45) is 0 Å². The molecule has 0 aliphatic heterocycles.